The first-order chi connectivity index (χ1) is 21.5. The van der Waals surface area contributed by atoms with E-state index in [-0.39, 0.29) is 27.1 Å². The third-order valence-electron chi connectivity index (χ3n) is 16.2. The maximum absolute atomic E-state index is 12.1. The highest BCUT2D eigenvalue weighted by Crippen LogP contribution is 2.77. The number of benzene rings is 1. The molecule has 0 saturated heterocycles. The largest absolute Gasteiger partial charge is 0.480 e. The lowest BCUT2D eigenvalue weighted by Crippen LogP contribution is -2.66. The smallest absolute Gasteiger partial charge is 0.335 e. The summed E-state index contributed by atoms with van der Waals surface area (Å²) >= 11 is 0. The van der Waals surface area contributed by atoms with Crippen molar-refractivity contribution >= 4 is 17.5 Å². The zero-order chi connectivity index (χ0) is 33.1. The number of hydrogen-bond donors (Lipinski definition) is 3. The molecule has 3 N–H and O–H groups in total. The van der Waals surface area contributed by atoms with Crippen molar-refractivity contribution < 1.29 is 19.8 Å². The first-order valence-corrected chi connectivity index (χ1v) is 18.2. The number of carboxylic acids is 2. The van der Waals surface area contributed by atoms with Gasteiger partial charge in [-0.25, -0.2) is 4.79 Å². The van der Waals surface area contributed by atoms with Crippen molar-refractivity contribution in [2.24, 2.45) is 56.7 Å². The minimum Gasteiger partial charge on any atom is -0.480 e. The second-order valence-corrected chi connectivity index (χ2v) is 18.2. The zero-order valence-corrected chi connectivity index (χ0v) is 29.2. The summed E-state index contributed by atoms with van der Waals surface area (Å²) in [5.41, 5.74) is 4.45. The van der Waals surface area contributed by atoms with Gasteiger partial charge < -0.3 is 15.5 Å². The average molecular weight is 628 g/mol. The highest BCUT2D eigenvalue weighted by Gasteiger charge is 2.70. The van der Waals surface area contributed by atoms with Gasteiger partial charge in [-0.3, -0.25) is 4.79 Å². The van der Waals surface area contributed by atoms with Crippen LogP contribution in [-0.4, -0.2) is 34.2 Å². The number of allylic oxidation sites excluding steroid dienone is 3. The quantitative estimate of drug-likeness (QED) is 0.262. The Morgan fingerprint density at radius 3 is 2.15 bits per heavy atom. The van der Waals surface area contributed by atoms with Crippen LogP contribution in [0.2, 0.25) is 0 Å². The molecule has 0 radical (unpaired) electrons. The van der Waals surface area contributed by atoms with E-state index in [1.807, 2.05) is 12.1 Å². The van der Waals surface area contributed by atoms with E-state index in [0.29, 0.717) is 35.2 Å². The monoisotopic (exact) mass is 627 g/mol. The van der Waals surface area contributed by atoms with Crippen molar-refractivity contribution in [3.63, 3.8) is 0 Å². The molecule has 7 rings (SSSR count). The van der Waals surface area contributed by atoms with Crippen molar-refractivity contribution in [1.82, 2.24) is 5.32 Å². The number of aromatic carboxylic acids is 1. The molecule has 1 aromatic carbocycles. The van der Waals surface area contributed by atoms with E-state index in [1.54, 1.807) is 12.1 Å². The van der Waals surface area contributed by atoms with E-state index in [4.69, 9.17) is 0 Å². The Labute approximate surface area is 276 Å². The highest BCUT2D eigenvalue weighted by molar-refractivity contribution is 5.88. The fraction of sp³-hybridized carbons (Fsp3) is 0.707. The summed E-state index contributed by atoms with van der Waals surface area (Å²) < 4.78 is 0. The third kappa shape index (κ3) is 4.28. The molecular weight excluding hydrogens is 570 g/mol. The number of carboxylic acid groups (broad SMARTS) is 2. The first-order valence-electron chi connectivity index (χ1n) is 18.2. The molecule has 5 heteroatoms. The van der Waals surface area contributed by atoms with Gasteiger partial charge in [-0.15, -0.1) is 0 Å². The molecule has 0 unspecified atom stereocenters. The van der Waals surface area contributed by atoms with Crippen LogP contribution in [0, 0.1) is 56.7 Å². The molecule has 5 saturated carbocycles. The number of aliphatic carboxylic acids is 1. The molecule has 6 aliphatic carbocycles. The standard InChI is InChI=1S/C41H57NO4/c1-25(2)28-14-19-40(24-42-41(22-23-41)35(45)46)21-20-38(6)30(33(28)40)12-13-32-37(5)17-15-29(26-8-10-27(11-9-26)34(43)44)36(3,4)31(37)16-18-39(32,38)7/h8-11,15,28,30-33,42H,1,12-14,16-24H2,2-7H3,(H,43,44)(H,45,46)/t28-,30+,31-,32+,33+,37-,38+,39+,40+/m0/s1. The fourth-order valence-corrected chi connectivity index (χ4v) is 13.4. The summed E-state index contributed by atoms with van der Waals surface area (Å²) in [6.07, 6.45) is 15.0. The lowest BCUT2D eigenvalue weighted by molar-refractivity contribution is -0.225. The summed E-state index contributed by atoms with van der Waals surface area (Å²) in [6, 6.07) is 7.55. The topological polar surface area (TPSA) is 86.6 Å². The third-order valence-corrected chi connectivity index (χ3v) is 16.2. The van der Waals surface area contributed by atoms with E-state index in [9.17, 15) is 19.8 Å². The molecular formula is C41H57NO4. The van der Waals surface area contributed by atoms with Crippen molar-refractivity contribution in [3.05, 3.63) is 53.6 Å². The fourth-order valence-electron chi connectivity index (χ4n) is 13.4. The lowest BCUT2D eigenvalue weighted by atomic mass is 9.32. The molecule has 0 aromatic heterocycles. The Bertz CT molecular complexity index is 1490. The summed E-state index contributed by atoms with van der Waals surface area (Å²) in [4.78, 5) is 23.6. The molecule has 0 amide bonds. The van der Waals surface area contributed by atoms with Crippen LogP contribution in [-0.2, 0) is 4.79 Å². The predicted octanol–water partition coefficient (Wildman–Crippen LogP) is 9.24. The van der Waals surface area contributed by atoms with Crippen LogP contribution in [0.4, 0.5) is 0 Å². The van der Waals surface area contributed by atoms with Gasteiger partial charge >= 0.3 is 11.9 Å². The highest BCUT2D eigenvalue weighted by atomic mass is 16.4. The van der Waals surface area contributed by atoms with Gasteiger partial charge in [-0.2, -0.15) is 0 Å². The van der Waals surface area contributed by atoms with E-state index in [0.717, 1.165) is 25.8 Å². The molecule has 0 heterocycles. The second kappa shape index (κ2) is 10.3. The number of hydrogen-bond acceptors (Lipinski definition) is 3. The number of carbonyl (C=O) groups is 2. The van der Waals surface area contributed by atoms with Crippen molar-refractivity contribution in [3.8, 4) is 0 Å². The van der Waals surface area contributed by atoms with Crippen LogP contribution in [0.3, 0.4) is 0 Å². The Kier molecular flexibility index (Phi) is 7.20. The van der Waals surface area contributed by atoms with Crippen LogP contribution < -0.4 is 5.32 Å². The normalized spacial score (nSPS) is 43.3. The van der Waals surface area contributed by atoms with Crippen LogP contribution in [0.25, 0.3) is 5.57 Å². The molecule has 9 atom stereocenters. The lowest BCUT2D eigenvalue weighted by Gasteiger charge is -2.72. The number of fused-ring (bicyclic) bond motifs is 7. The van der Waals surface area contributed by atoms with Gasteiger partial charge in [0.1, 0.15) is 5.54 Å². The molecule has 6 aliphatic rings. The maximum Gasteiger partial charge on any atom is 0.335 e. The molecule has 46 heavy (non-hydrogen) atoms. The minimum atomic E-state index is -0.873. The van der Waals surface area contributed by atoms with Crippen LogP contribution >= 0.6 is 0 Å². The number of rotatable bonds is 7. The van der Waals surface area contributed by atoms with Crippen LogP contribution in [0.15, 0.2) is 42.5 Å². The minimum absolute atomic E-state index is 0.00359. The van der Waals surface area contributed by atoms with Crippen LogP contribution in [0.1, 0.15) is 128 Å². The molecule has 1 aromatic rings. The molecule has 250 valence electrons. The summed E-state index contributed by atoms with van der Waals surface area (Å²) in [5, 5.41) is 23.1. The number of nitrogens with one attached hydrogen (secondary N) is 1. The summed E-state index contributed by atoms with van der Waals surface area (Å²) in [7, 11) is 0. The van der Waals surface area contributed by atoms with E-state index >= 15 is 0 Å². The van der Waals surface area contributed by atoms with E-state index in [2.05, 4.69) is 59.5 Å². The molecule has 5 nitrogen and oxygen atoms in total. The van der Waals surface area contributed by atoms with Crippen LogP contribution in [0.5, 0.6) is 0 Å². The SMILES string of the molecule is C=C(C)[C@@H]1CC[C@]2(CNC3(C(=O)O)CC3)CC[C@]3(C)[C@H](CC[C@@H]4[C@@]5(C)CC=C(c6ccc(C(=O)O)cc6)C(C)(C)[C@@H]5CC[C@]43C)[C@@H]12. The Morgan fingerprint density at radius 1 is 0.848 bits per heavy atom. The van der Waals surface area contributed by atoms with Gasteiger partial charge in [0.25, 0.3) is 0 Å². The zero-order valence-electron chi connectivity index (χ0n) is 29.2. The van der Waals surface area contributed by atoms with Gasteiger partial charge in [0.2, 0.25) is 0 Å². The van der Waals surface area contributed by atoms with Crippen molar-refractivity contribution in [1.29, 1.82) is 0 Å². The van der Waals surface area contributed by atoms with Gasteiger partial charge in [0, 0.05) is 6.54 Å². The maximum atomic E-state index is 12.1. The van der Waals surface area contributed by atoms with Gasteiger partial charge in [0.05, 0.1) is 5.56 Å². The predicted molar refractivity (Wildman–Crippen MR) is 183 cm³/mol. The molecule has 0 bridgehead atoms. The van der Waals surface area contributed by atoms with Crippen molar-refractivity contribution in [2.45, 2.75) is 118 Å². The molecule has 0 spiro atoms. The van der Waals surface area contributed by atoms with Gasteiger partial charge in [-0.1, -0.05) is 65.0 Å². The van der Waals surface area contributed by atoms with Gasteiger partial charge in [0.15, 0.2) is 0 Å². The summed E-state index contributed by atoms with van der Waals surface area (Å²) in [6.45, 7) is 20.5. The molecule has 0 aliphatic heterocycles. The Morgan fingerprint density at radius 2 is 1.54 bits per heavy atom. The first kappa shape index (κ1) is 32.2. The van der Waals surface area contributed by atoms with Crippen molar-refractivity contribution in [2.75, 3.05) is 6.54 Å². The summed E-state index contributed by atoms with van der Waals surface area (Å²) in [5.74, 6) is 1.44. The Hall–Kier alpha value is -2.40. The second-order valence-electron chi connectivity index (χ2n) is 18.2. The Balaban J connectivity index is 1.21. The van der Waals surface area contributed by atoms with E-state index in [1.165, 1.54) is 68.1 Å². The average Bonchev–Trinajstić information content (AvgIpc) is 3.70. The van der Waals surface area contributed by atoms with Gasteiger partial charge in [-0.05, 0) is 157 Å². The van der Waals surface area contributed by atoms with E-state index < -0.39 is 17.5 Å². The molecule has 5 fully saturated rings.